The van der Waals surface area contributed by atoms with Gasteiger partial charge in [0.1, 0.15) is 0 Å². The van der Waals surface area contributed by atoms with Crippen LogP contribution in [0.15, 0.2) is 18.2 Å². The van der Waals surface area contributed by atoms with E-state index in [-0.39, 0.29) is 11.9 Å². The predicted octanol–water partition coefficient (Wildman–Crippen LogP) is 3.15. The zero-order chi connectivity index (χ0) is 14.5. The van der Waals surface area contributed by atoms with Gasteiger partial charge in [-0.15, -0.1) is 11.3 Å². The van der Waals surface area contributed by atoms with E-state index in [2.05, 4.69) is 12.2 Å². The average Bonchev–Trinajstić information content (AvgIpc) is 2.88. The van der Waals surface area contributed by atoms with E-state index < -0.39 is 5.97 Å². The number of hydrogen-bond acceptors (Lipinski definition) is 3. The maximum Gasteiger partial charge on any atom is 0.328 e. The van der Waals surface area contributed by atoms with Crippen LogP contribution < -0.4 is 5.32 Å². The SMILES string of the molecule is CC1CCCCC1NC(=O)c1ccc(C=CC(=O)O)s1. The molecule has 1 amide bonds. The topological polar surface area (TPSA) is 66.4 Å². The Hall–Kier alpha value is -1.62. The lowest BCUT2D eigenvalue weighted by Crippen LogP contribution is -2.40. The Labute approximate surface area is 122 Å². The molecule has 2 rings (SSSR count). The van der Waals surface area contributed by atoms with Crippen molar-refractivity contribution in [1.82, 2.24) is 5.32 Å². The van der Waals surface area contributed by atoms with E-state index in [1.54, 1.807) is 12.1 Å². The lowest BCUT2D eigenvalue weighted by molar-refractivity contribution is -0.131. The average molecular weight is 293 g/mol. The highest BCUT2D eigenvalue weighted by atomic mass is 32.1. The van der Waals surface area contributed by atoms with Gasteiger partial charge in [0, 0.05) is 17.0 Å². The smallest absolute Gasteiger partial charge is 0.328 e. The van der Waals surface area contributed by atoms with E-state index in [0.29, 0.717) is 10.8 Å². The summed E-state index contributed by atoms with van der Waals surface area (Å²) in [6.45, 7) is 2.18. The Morgan fingerprint density at radius 2 is 2.10 bits per heavy atom. The number of carboxylic acids is 1. The summed E-state index contributed by atoms with van der Waals surface area (Å²) in [5.41, 5.74) is 0. The number of nitrogens with one attached hydrogen (secondary N) is 1. The van der Waals surface area contributed by atoms with Crippen molar-refractivity contribution in [2.45, 2.75) is 38.6 Å². The van der Waals surface area contributed by atoms with Gasteiger partial charge in [0.15, 0.2) is 0 Å². The van der Waals surface area contributed by atoms with Crippen LogP contribution in [0.25, 0.3) is 6.08 Å². The van der Waals surface area contributed by atoms with Gasteiger partial charge < -0.3 is 10.4 Å². The Balaban J connectivity index is 1.97. The first-order valence-electron chi connectivity index (χ1n) is 6.88. The van der Waals surface area contributed by atoms with Crippen LogP contribution in [-0.4, -0.2) is 23.0 Å². The van der Waals surface area contributed by atoms with Crippen LogP contribution in [0.4, 0.5) is 0 Å². The minimum atomic E-state index is -0.986. The largest absolute Gasteiger partial charge is 0.478 e. The number of hydrogen-bond donors (Lipinski definition) is 2. The summed E-state index contributed by atoms with van der Waals surface area (Å²) in [6, 6.07) is 3.77. The van der Waals surface area contributed by atoms with Crippen molar-refractivity contribution in [2.24, 2.45) is 5.92 Å². The molecular weight excluding hydrogens is 274 g/mol. The summed E-state index contributed by atoms with van der Waals surface area (Å²) in [5.74, 6) is -0.511. The van der Waals surface area contributed by atoms with Crippen molar-refractivity contribution < 1.29 is 14.7 Å². The minimum absolute atomic E-state index is 0.0521. The van der Waals surface area contributed by atoms with Gasteiger partial charge in [-0.2, -0.15) is 0 Å². The monoisotopic (exact) mass is 293 g/mol. The second-order valence-corrected chi connectivity index (χ2v) is 6.33. The molecular formula is C15H19NO3S. The molecule has 1 fully saturated rings. The molecule has 4 nitrogen and oxygen atoms in total. The summed E-state index contributed by atoms with van der Waals surface area (Å²) in [5, 5.41) is 11.7. The van der Waals surface area contributed by atoms with Gasteiger partial charge in [-0.3, -0.25) is 4.79 Å². The summed E-state index contributed by atoms with van der Waals surface area (Å²) in [7, 11) is 0. The molecule has 1 aromatic heterocycles. The third-order valence-electron chi connectivity index (χ3n) is 3.67. The first-order valence-corrected chi connectivity index (χ1v) is 7.69. The number of carboxylic acid groups (broad SMARTS) is 1. The van der Waals surface area contributed by atoms with Crippen molar-refractivity contribution >= 4 is 29.3 Å². The van der Waals surface area contributed by atoms with Crippen LogP contribution in [-0.2, 0) is 4.79 Å². The van der Waals surface area contributed by atoms with Crippen molar-refractivity contribution in [3.63, 3.8) is 0 Å². The van der Waals surface area contributed by atoms with Gasteiger partial charge in [0.25, 0.3) is 5.91 Å². The van der Waals surface area contributed by atoms with E-state index >= 15 is 0 Å². The van der Waals surface area contributed by atoms with Crippen LogP contribution in [0.2, 0.25) is 0 Å². The third-order valence-corrected chi connectivity index (χ3v) is 4.72. The number of carbonyl (C=O) groups excluding carboxylic acids is 1. The molecule has 0 aliphatic heterocycles. The summed E-state index contributed by atoms with van der Waals surface area (Å²) in [6.07, 6.45) is 7.22. The van der Waals surface area contributed by atoms with Crippen LogP contribution in [0.1, 0.15) is 47.2 Å². The number of rotatable bonds is 4. The van der Waals surface area contributed by atoms with Crippen molar-refractivity contribution in [1.29, 1.82) is 0 Å². The molecule has 1 aliphatic rings. The lowest BCUT2D eigenvalue weighted by Gasteiger charge is -2.29. The molecule has 1 aliphatic carbocycles. The van der Waals surface area contributed by atoms with Crippen LogP contribution >= 0.6 is 11.3 Å². The van der Waals surface area contributed by atoms with E-state index in [0.717, 1.165) is 17.4 Å². The van der Waals surface area contributed by atoms with Gasteiger partial charge in [-0.05, 0) is 37.0 Å². The molecule has 0 aromatic carbocycles. The van der Waals surface area contributed by atoms with Gasteiger partial charge in [-0.1, -0.05) is 19.8 Å². The Morgan fingerprint density at radius 1 is 1.35 bits per heavy atom. The number of aliphatic carboxylic acids is 1. The van der Waals surface area contributed by atoms with Gasteiger partial charge in [-0.25, -0.2) is 4.79 Å². The molecule has 1 saturated carbocycles. The zero-order valence-electron chi connectivity index (χ0n) is 11.5. The van der Waals surface area contributed by atoms with E-state index in [1.165, 1.54) is 36.7 Å². The summed E-state index contributed by atoms with van der Waals surface area (Å²) in [4.78, 5) is 24.0. The van der Waals surface area contributed by atoms with E-state index in [9.17, 15) is 9.59 Å². The Morgan fingerprint density at radius 3 is 2.80 bits per heavy atom. The molecule has 108 valence electrons. The molecule has 0 bridgehead atoms. The van der Waals surface area contributed by atoms with Crippen molar-refractivity contribution in [2.75, 3.05) is 0 Å². The van der Waals surface area contributed by atoms with Crippen molar-refractivity contribution in [3.05, 3.63) is 28.0 Å². The van der Waals surface area contributed by atoms with Crippen LogP contribution in [0, 0.1) is 5.92 Å². The third kappa shape index (κ3) is 3.93. The number of amides is 1. The summed E-state index contributed by atoms with van der Waals surface area (Å²) >= 11 is 1.31. The standard InChI is InChI=1S/C15H19NO3S/c1-10-4-2-3-5-12(10)16-15(19)13-8-6-11(20-13)7-9-14(17)18/h6-10,12H,2-5H2,1H3,(H,16,19)(H,17,18). The lowest BCUT2D eigenvalue weighted by atomic mass is 9.86. The predicted molar refractivity (Wildman–Crippen MR) is 79.9 cm³/mol. The maximum absolute atomic E-state index is 12.2. The van der Waals surface area contributed by atoms with Gasteiger partial charge in [0.05, 0.1) is 4.88 Å². The molecule has 0 saturated heterocycles. The van der Waals surface area contributed by atoms with Crippen molar-refractivity contribution in [3.8, 4) is 0 Å². The highest BCUT2D eigenvalue weighted by Crippen LogP contribution is 2.25. The molecule has 0 radical (unpaired) electrons. The van der Waals surface area contributed by atoms with Gasteiger partial charge in [0.2, 0.25) is 0 Å². The molecule has 2 atom stereocenters. The molecule has 1 heterocycles. The number of carbonyl (C=O) groups is 2. The molecule has 1 aromatic rings. The second-order valence-electron chi connectivity index (χ2n) is 5.22. The zero-order valence-corrected chi connectivity index (χ0v) is 12.3. The molecule has 2 N–H and O–H groups in total. The Kier molecular flexibility index (Phi) is 4.95. The van der Waals surface area contributed by atoms with E-state index in [1.807, 2.05) is 0 Å². The highest BCUT2D eigenvalue weighted by Gasteiger charge is 2.23. The number of thiophene rings is 1. The molecule has 2 unspecified atom stereocenters. The first kappa shape index (κ1) is 14.8. The fraction of sp³-hybridized carbons (Fsp3) is 0.467. The van der Waals surface area contributed by atoms with E-state index in [4.69, 9.17) is 5.11 Å². The molecule has 20 heavy (non-hydrogen) atoms. The first-order chi connectivity index (χ1) is 9.56. The molecule has 5 heteroatoms. The van der Waals surface area contributed by atoms with Gasteiger partial charge >= 0.3 is 5.97 Å². The quantitative estimate of drug-likeness (QED) is 0.838. The minimum Gasteiger partial charge on any atom is -0.478 e. The maximum atomic E-state index is 12.2. The Bertz CT molecular complexity index is 521. The second kappa shape index (κ2) is 6.70. The van der Waals surface area contributed by atoms with Crippen LogP contribution in [0.3, 0.4) is 0 Å². The fourth-order valence-electron chi connectivity index (χ4n) is 2.49. The highest BCUT2D eigenvalue weighted by molar-refractivity contribution is 7.14. The molecule has 0 spiro atoms. The fourth-order valence-corrected chi connectivity index (χ4v) is 3.30. The van der Waals surface area contributed by atoms with Crippen LogP contribution in [0.5, 0.6) is 0 Å². The normalized spacial score (nSPS) is 22.9. The summed E-state index contributed by atoms with van der Waals surface area (Å²) < 4.78 is 0.